The topological polar surface area (TPSA) is 135 Å². The van der Waals surface area contributed by atoms with Crippen molar-refractivity contribution in [2.75, 3.05) is 44.4 Å². The minimum atomic E-state index is -4.06. The van der Waals surface area contributed by atoms with E-state index in [-0.39, 0.29) is 22.5 Å². The Hall–Kier alpha value is -5.03. The van der Waals surface area contributed by atoms with Gasteiger partial charge in [-0.2, -0.15) is 0 Å². The van der Waals surface area contributed by atoms with Crippen LogP contribution in [0, 0.1) is 0 Å². The van der Waals surface area contributed by atoms with Crippen LogP contribution >= 0.6 is 0 Å². The van der Waals surface area contributed by atoms with Gasteiger partial charge in [-0.25, -0.2) is 8.42 Å². The first kappa shape index (κ1) is 29.9. The van der Waals surface area contributed by atoms with Gasteiger partial charge in [0, 0.05) is 31.4 Å². The maximum absolute atomic E-state index is 13.5. The number of hydrogen-bond donors (Lipinski definition) is 4. The van der Waals surface area contributed by atoms with Gasteiger partial charge in [-0.3, -0.25) is 14.3 Å². The van der Waals surface area contributed by atoms with Crippen LogP contribution in [0.4, 0.5) is 11.4 Å². The second-order valence-corrected chi connectivity index (χ2v) is 10.7. The Kier molecular flexibility index (Phi) is 9.66. The zero-order chi connectivity index (χ0) is 30.1. The smallest absolute Gasteiger partial charge is 0.265 e. The Morgan fingerprint density at radius 3 is 2.19 bits per heavy atom. The molecule has 4 rings (SSSR count). The molecule has 0 bridgehead atoms. The molecule has 0 atom stereocenters. The first-order chi connectivity index (χ1) is 20.2. The Bertz CT molecular complexity index is 1690. The van der Waals surface area contributed by atoms with Crippen molar-refractivity contribution in [3.63, 3.8) is 0 Å². The molecule has 11 heteroatoms. The Labute approximate surface area is 245 Å². The van der Waals surface area contributed by atoms with Crippen molar-refractivity contribution in [3.8, 4) is 22.6 Å². The van der Waals surface area contributed by atoms with Crippen molar-refractivity contribution in [3.05, 3.63) is 102 Å². The summed E-state index contributed by atoms with van der Waals surface area (Å²) in [7, 11) is 0.397. The van der Waals surface area contributed by atoms with E-state index in [0.29, 0.717) is 52.5 Å². The first-order valence-electron chi connectivity index (χ1n) is 13.0. The molecule has 4 N–H and O–H groups in total. The number of amides is 2. The van der Waals surface area contributed by atoms with Gasteiger partial charge in [0.05, 0.1) is 25.5 Å². The van der Waals surface area contributed by atoms with Gasteiger partial charge in [-0.1, -0.05) is 36.4 Å². The lowest BCUT2D eigenvalue weighted by atomic mass is 10.0. The van der Waals surface area contributed by atoms with Gasteiger partial charge >= 0.3 is 0 Å². The number of nitrogens with one attached hydrogen (secondary N) is 4. The normalized spacial score (nSPS) is 10.8. The molecule has 0 radical (unpaired) electrons. The number of anilines is 2. The van der Waals surface area contributed by atoms with Crippen LogP contribution in [0.5, 0.6) is 11.5 Å². The van der Waals surface area contributed by atoms with E-state index in [1.165, 1.54) is 20.3 Å². The van der Waals surface area contributed by atoms with Crippen molar-refractivity contribution in [2.45, 2.75) is 4.90 Å². The van der Waals surface area contributed by atoms with Crippen LogP contribution in [0.3, 0.4) is 0 Å². The summed E-state index contributed by atoms with van der Waals surface area (Å²) < 4.78 is 40.2. The van der Waals surface area contributed by atoms with Crippen LogP contribution < -0.4 is 30.1 Å². The van der Waals surface area contributed by atoms with E-state index in [9.17, 15) is 18.0 Å². The number of carbonyl (C=O) groups is 2. The zero-order valence-electron chi connectivity index (χ0n) is 23.4. The number of methoxy groups -OCH3 is 2. The predicted octanol–water partition coefficient (Wildman–Crippen LogP) is 4.37. The highest BCUT2D eigenvalue weighted by Crippen LogP contribution is 2.32. The maximum atomic E-state index is 13.5. The number of hydrogen-bond acceptors (Lipinski definition) is 7. The molecule has 0 heterocycles. The maximum Gasteiger partial charge on any atom is 0.265 e. The summed E-state index contributed by atoms with van der Waals surface area (Å²) in [5.41, 5.74) is 3.18. The third-order valence-corrected chi connectivity index (χ3v) is 7.75. The molecular weight excluding hydrogens is 556 g/mol. The summed E-state index contributed by atoms with van der Waals surface area (Å²) in [4.78, 5) is 24.5. The number of para-hydroxylation sites is 1. The van der Waals surface area contributed by atoms with Crippen LogP contribution in [0.25, 0.3) is 11.1 Å². The van der Waals surface area contributed by atoms with Crippen molar-refractivity contribution in [1.29, 1.82) is 0 Å². The molecule has 4 aromatic carbocycles. The fraction of sp³-hybridized carbons (Fsp3) is 0.161. The van der Waals surface area contributed by atoms with Crippen LogP contribution in [0.15, 0.2) is 95.9 Å². The van der Waals surface area contributed by atoms with Gasteiger partial charge in [-0.15, -0.1) is 0 Å². The summed E-state index contributed by atoms with van der Waals surface area (Å²) in [5.74, 6) is 0.163. The highest BCUT2D eigenvalue weighted by molar-refractivity contribution is 7.92. The number of ether oxygens (including phenoxy) is 2. The fourth-order valence-corrected chi connectivity index (χ4v) is 5.51. The van der Waals surface area contributed by atoms with E-state index in [2.05, 4.69) is 20.7 Å². The van der Waals surface area contributed by atoms with E-state index in [1.807, 2.05) is 0 Å². The minimum Gasteiger partial charge on any atom is -0.496 e. The van der Waals surface area contributed by atoms with Gasteiger partial charge in [0.25, 0.3) is 21.8 Å². The molecule has 0 aliphatic heterocycles. The molecule has 0 unspecified atom stereocenters. The van der Waals surface area contributed by atoms with Crippen LogP contribution in [0.2, 0.25) is 0 Å². The third kappa shape index (κ3) is 7.18. The molecule has 0 aliphatic carbocycles. The van der Waals surface area contributed by atoms with E-state index in [1.54, 1.807) is 92.0 Å². The molecule has 10 nitrogen and oxygen atoms in total. The van der Waals surface area contributed by atoms with Gasteiger partial charge in [0.1, 0.15) is 16.4 Å². The van der Waals surface area contributed by atoms with Crippen molar-refractivity contribution >= 4 is 33.2 Å². The van der Waals surface area contributed by atoms with Crippen LogP contribution in [-0.4, -0.2) is 54.6 Å². The molecular formula is C31H32N4O6S. The van der Waals surface area contributed by atoms with Crippen molar-refractivity contribution in [2.24, 2.45) is 0 Å². The summed E-state index contributed by atoms with van der Waals surface area (Å²) in [5, 5.41) is 8.60. The molecule has 0 fully saturated rings. The van der Waals surface area contributed by atoms with E-state index < -0.39 is 10.0 Å². The highest BCUT2D eigenvalue weighted by Gasteiger charge is 2.21. The van der Waals surface area contributed by atoms with Crippen LogP contribution in [-0.2, 0) is 10.0 Å². The van der Waals surface area contributed by atoms with Gasteiger partial charge in [-0.05, 0) is 65.7 Å². The van der Waals surface area contributed by atoms with Gasteiger partial charge in [0.2, 0.25) is 0 Å². The van der Waals surface area contributed by atoms with E-state index in [4.69, 9.17) is 9.47 Å². The summed E-state index contributed by atoms with van der Waals surface area (Å²) >= 11 is 0. The molecule has 218 valence electrons. The molecule has 0 saturated carbocycles. The summed E-state index contributed by atoms with van der Waals surface area (Å²) in [6.07, 6.45) is 0. The van der Waals surface area contributed by atoms with E-state index >= 15 is 0 Å². The van der Waals surface area contributed by atoms with Crippen molar-refractivity contribution in [1.82, 2.24) is 10.6 Å². The number of rotatable bonds is 12. The van der Waals surface area contributed by atoms with Gasteiger partial charge < -0.3 is 25.4 Å². The van der Waals surface area contributed by atoms with E-state index in [0.717, 1.165) is 0 Å². The lowest BCUT2D eigenvalue weighted by Gasteiger charge is -2.15. The Balaban J connectivity index is 1.45. The van der Waals surface area contributed by atoms with Gasteiger partial charge in [0.15, 0.2) is 0 Å². The summed E-state index contributed by atoms with van der Waals surface area (Å²) in [6, 6.07) is 25.5. The number of benzene rings is 4. The second-order valence-electron chi connectivity index (χ2n) is 9.09. The quantitative estimate of drug-likeness (QED) is 0.181. The average Bonchev–Trinajstić information content (AvgIpc) is 3.02. The molecule has 0 saturated heterocycles. The van der Waals surface area contributed by atoms with Crippen LogP contribution in [0.1, 0.15) is 20.7 Å². The molecule has 0 aromatic heterocycles. The number of carbonyl (C=O) groups excluding carboxylic acids is 2. The second kappa shape index (κ2) is 13.6. The highest BCUT2D eigenvalue weighted by atomic mass is 32.2. The molecule has 0 spiro atoms. The lowest BCUT2D eigenvalue weighted by molar-refractivity contribution is 0.0947. The lowest BCUT2D eigenvalue weighted by Crippen LogP contribution is -2.29. The molecule has 0 aliphatic rings. The first-order valence-corrected chi connectivity index (χ1v) is 14.5. The number of sulfonamides is 1. The van der Waals surface area contributed by atoms with Crippen molar-refractivity contribution < 1.29 is 27.5 Å². The average molecular weight is 589 g/mol. The minimum absolute atomic E-state index is 0.0507. The third-order valence-electron chi connectivity index (χ3n) is 6.34. The molecule has 4 aromatic rings. The zero-order valence-corrected chi connectivity index (χ0v) is 24.2. The predicted molar refractivity (Wildman–Crippen MR) is 163 cm³/mol. The molecule has 42 heavy (non-hydrogen) atoms. The SMILES string of the molecule is CNC(=O)c1cccc(-c2ccc(OC)c(S(=O)(=O)Nc3cccc(NCCNC(=O)c4ccccc4OC)c3)c2)c1. The largest absolute Gasteiger partial charge is 0.496 e. The Morgan fingerprint density at radius 1 is 0.714 bits per heavy atom. The summed E-state index contributed by atoms with van der Waals surface area (Å²) in [6.45, 7) is 0.736. The standard InChI is InChI=1S/C31H32N4O6S/c1-32-30(36)23-9-6-8-21(18-23)22-14-15-28(41-3)29(19-22)42(38,39)35-25-11-7-10-24(20-25)33-16-17-34-31(37)26-12-4-5-13-27(26)40-2/h4-15,18-20,33,35H,16-17H2,1-3H3,(H,32,36)(H,34,37). The Morgan fingerprint density at radius 2 is 1.43 bits per heavy atom. The monoisotopic (exact) mass is 588 g/mol. The molecule has 2 amide bonds. The fourth-order valence-electron chi connectivity index (χ4n) is 4.26.